The Labute approximate surface area is 83.4 Å². The van der Waals surface area contributed by atoms with Crippen molar-refractivity contribution in [2.75, 3.05) is 0 Å². The van der Waals surface area contributed by atoms with Crippen LogP contribution in [0.4, 0.5) is 0 Å². The second-order valence-electron chi connectivity index (χ2n) is 1.60. The van der Waals surface area contributed by atoms with Crippen molar-refractivity contribution in [3.8, 4) is 0 Å². The minimum Gasteiger partial charge on any atom is -0.480 e. The molecule has 0 aliphatic carbocycles. The molecule has 4 N–H and O–H groups in total. The zero-order chi connectivity index (χ0) is 6.73. The molecule has 0 fully saturated rings. The Morgan fingerprint density at radius 2 is 1.64 bits per heavy atom. The molecule has 0 aliphatic heterocycles. The van der Waals surface area contributed by atoms with Gasteiger partial charge < -0.3 is 15.9 Å². The van der Waals surface area contributed by atoms with Crippen LogP contribution < -0.4 is 5.73 Å². The summed E-state index contributed by atoms with van der Waals surface area (Å²) in [6, 6.07) is -1.16. The molecule has 0 aromatic carbocycles. The van der Waals surface area contributed by atoms with Gasteiger partial charge in [0.25, 0.3) is 0 Å². The monoisotopic (exact) mass is 227 g/mol. The molecule has 0 saturated heterocycles. The van der Waals surface area contributed by atoms with E-state index in [2.05, 4.69) is 0 Å². The first-order valence-corrected chi connectivity index (χ1v) is 2.22. The Morgan fingerprint density at radius 3 is 1.64 bits per heavy atom. The summed E-state index contributed by atoms with van der Waals surface area (Å²) in [5, 5.41) is 16.6. The van der Waals surface area contributed by atoms with Crippen molar-refractivity contribution < 1.29 is 15.0 Å². The van der Waals surface area contributed by atoms with Crippen LogP contribution in [0.15, 0.2) is 0 Å². The largest absolute Gasteiger partial charge is 0.480 e. The average molecular weight is 229 g/mol. The molecule has 0 aromatic rings. The first kappa shape index (κ1) is 22.5. The molecule has 0 saturated carbocycles. The van der Waals surface area contributed by atoms with Gasteiger partial charge in [0.05, 0.1) is 6.10 Å². The van der Waals surface area contributed by atoms with Gasteiger partial charge in [-0.2, -0.15) is 0 Å². The van der Waals surface area contributed by atoms with E-state index in [0.717, 1.165) is 0 Å². The smallest absolute Gasteiger partial charge is 0.323 e. The molecule has 0 radical (unpaired) electrons. The summed E-state index contributed by atoms with van der Waals surface area (Å²) in [4.78, 5) is 9.86. The van der Waals surface area contributed by atoms with Gasteiger partial charge in [0, 0.05) is 0 Å². The van der Waals surface area contributed by atoms with Crippen molar-refractivity contribution >= 4 is 43.2 Å². The highest BCUT2D eigenvalue weighted by molar-refractivity contribution is 5.86. The molecule has 2 atom stereocenters. The predicted molar refractivity (Wildman–Crippen MR) is 49.0 cm³/mol. The van der Waals surface area contributed by atoms with E-state index in [-0.39, 0.29) is 37.2 Å². The number of hydrogen-bond donors (Lipinski definition) is 3. The summed E-state index contributed by atoms with van der Waals surface area (Å²) in [5.41, 5.74) is 4.91. The molecular weight excluding hydrogens is 216 g/mol. The summed E-state index contributed by atoms with van der Waals surface area (Å²) in [6.07, 6.45) is -0.979. The maximum absolute atomic E-state index is 9.86. The summed E-state index contributed by atoms with van der Waals surface area (Å²) in [6.45, 7) is 1.33. The third kappa shape index (κ3) is 10.3. The molecule has 0 aliphatic rings. The Balaban J connectivity index is -0.0000000817. The van der Waals surface area contributed by atoms with E-state index in [1.54, 1.807) is 0 Å². The van der Waals surface area contributed by atoms with Gasteiger partial charge in [0.2, 0.25) is 0 Å². The van der Waals surface area contributed by atoms with E-state index in [1.165, 1.54) is 6.92 Å². The molecule has 72 valence electrons. The number of carbonyl (C=O) groups is 1. The van der Waals surface area contributed by atoms with Crippen molar-refractivity contribution in [3.05, 3.63) is 0 Å². The van der Waals surface area contributed by atoms with Gasteiger partial charge >= 0.3 is 5.97 Å². The number of hydrogen-bond acceptors (Lipinski definition) is 3. The topological polar surface area (TPSA) is 83.5 Å². The molecule has 0 aromatic heterocycles. The Kier molecular flexibility index (Phi) is 21.0. The zero-order valence-corrected chi connectivity index (χ0v) is 8.21. The van der Waals surface area contributed by atoms with Crippen LogP contribution in [0, 0.1) is 0 Å². The number of aliphatic hydroxyl groups excluding tert-OH is 1. The minimum absolute atomic E-state index is 0. The second-order valence-corrected chi connectivity index (χ2v) is 1.60. The first-order chi connectivity index (χ1) is 3.55. The number of halogens is 3. The van der Waals surface area contributed by atoms with Gasteiger partial charge in [0.15, 0.2) is 0 Å². The van der Waals surface area contributed by atoms with Gasteiger partial charge in [0.1, 0.15) is 6.04 Å². The lowest BCUT2D eigenvalue weighted by molar-refractivity contribution is -0.140. The molecule has 0 spiro atoms. The molecule has 0 amide bonds. The van der Waals surface area contributed by atoms with Crippen LogP contribution in [0.1, 0.15) is 6.92 Å². The quantitative estimate of drug-likeness (QED) is 0.623. The number of carboxylic acid groups (broad SMARTS) is 1. The van der Waals surface area contributed by atoms with Crippen LogP contribution in [0.2, 0.25) is 0 Å². The van der Waals surface area contributed by atoms with E-state index < -0.39 is 18.1 Å². The normalized spacial score (nSPS) is 12.6. The van der Waals surface area contributed by atoms with Crippen LogP contribution in [0.5, 0.6) is 0 Å². The molecule has 0 bridgehead atoms. The highest BCUT2D eigenvalue weighted by atomic mass is 35.5. The lowest BCUT2D eigenvalue weighted by atomic mass is 10.2. The number of rotatable bonds is 2. The van der Waals surface area contributed by atoms with E-state index >= 15 is 0 Å². The Bertz CT molecular complexity index is 101. The van der Waals surface area contributed by atoms with Crippen molar-refractivity contribution in [3.63, 3.8) is 0 Å². The molecular formula is C4H12Cl3NO3. The number of aliphatic hydroxyl groups is 1. The maximum Gasteiger partial charge on any atom is 0.323 e. The second kappa shape index (κ2) is 10.3. The third-order valence-electron chi connectivity index (χ3n) is 0.805. The molecule has 11 heavy (non-hydrogen) atoms. The lowest BCUT2D eigenvalue weighted by Crippen LogP contribution is -2.39. The van der Waals surface area contributed by atoms with Crippen LogP contribution in [0.25, 0.3) is 0 Å². The van der Waals surface area contributed by atoms with Gasteiger partial charge in [-0.1, -0.05) is 0 Å². The highest BCUT2D eigenvalue weighted by Crippen LogP contribution is 1.85. The van der Waals surface area contributed by atoms with Gasteiger partial charge in [-0.15, -0.1) is 37.2 Å². The Hall–Kier alpha value is 0.260. The molecule has 0 rings (SSSR count). The number of nitrogens with two attached hydrogens (primary N) is 1. The van der Waals surface area contributed by atoms with Crippen LogP contribution >= 0.6 is 37.2 Å². The number of carboxylic acids is 1. The first-order valence-electron chi connectivity index (χ1n) is 2.22. The van der Waals surface area contributed by atoms with E-state index in [1.807, 2.05) is 0 Å². The standard InChI is InChI=1S/C4H9NO3.3ClH/c1-2(6)3(5)4(7)8;;;/h2-3,6H,5H2,1H3,(H,7,8);3*1H/t2-,3+;;;/m1.../s1. The molecule has 7 heteroatoms. The number of aliphatic carboxylic acids is 1. The fraction of sp³-hybridized carbons (Fsp3) is 0.750. The molecule has 0 heterocycles. The van der Waals surface area contributed by atoms with Crippen LogP contribution in [-0.2, 0) is 4.79 Å². The zero-order valence-electron chi connectivity index (χ0n) is 5.76. The van der Waals surface area contributed by atoms with E-state index in [4.69, 9.17) is 15.9 Å². The third-order valence-corrected chi connectivity index (χ3v) is 0.805. The Morgan fingerprint density at radius 1 is 1.36 bits per heavy atom. The van der Waals surface area contributed by atoms with Gasteiger partial charge in [-0.3, -0.25) is 4.79 Å². The van der Waals surface area contributed by atoms with Crippen molar-refractivity contribution in [1.29, 1.82) is 0 Å². The SMILES string of the molecule is C[C@@H](O)[C@H](N)C(=O)O.Cl.Cl.Cl. The fourth-order valence-electron chi connectivity index (χ4n) is 0.206. The van der Waals surface area contributed by atoms with Crippen molar-refractivity contribution in [2.24, 2.45) is 5.73 Å². The van der Waals surface area contributed by atoms with Gasteiger partial charge in [-0.25, -0.2) is 0 Å². The lowest BCUT2D eigenvalue weighted by Gasteiger charge is -2.06. The van der Waals surface area contributed by atoms with Crippen LogP contribution in [-0.4, -0.2) is 28.3 Å². The molecule has 0 unspecified atom stereocenters. The molecule has 4 nitrogen and oxygen atoms in total. The summed E-state index contributed by atoms with van der Waals surface area (Å²) < 4.78 is 0. The minimum atomic E-state index is -1.18. The fourth-order valence-corrected chi connectivity index (χ4v) is 0.206. The van der Waals surface area contributed by atoms with Gasteiger partial charge in [-0.05, 0) is 6.92 Å². The van der Waals surface area contributed by atoms with E-state index in [9.17, 15) is 4.79 Å². The van der Waals surface area contributed by atoms with E-state index in [0.29, 0.717) is 0 Å². The summed E-state index contributed by atoms with van der Waals surface area (Å²) >= 11 is 0. The summed E-state index contributed by atoms with van der Waals surface area (Å²) in [5.74, 6) is -1.18. The van der Waals surface area contributed by atoms with Crippen LogP contribution in [0.3, 0.4) is 0 Å². The highest BCUT2D eigenvalue weighted by Gasteiger charge is 2.16. The average Bonchev–Trinajstić information content (AvgIpc) is 1.64. The summed E-state index contributed by atoms with van der Waals surface area (Å²) in [7, 11) is 0. The van der Waals surface area contributed by atoms with Crippen molar-refractivity contribution in [2.45, 2.75) is 19.1 Å². The predicted octanol–water partition coefficient (Wildman–Crippen LogP) is 0.0445. The maximum atomic E-state index is 9.86. The van der Waals surface area contributed by atoms with Crippen molar-refractivity contribution in [1.82, 2.24) is 0 Å².